The molecule has 0 radical (unpaired) electrons. The van der Waals surface area contributed by atoms with Gasteiger partial charge in [-0.1, -0.05) is 132 Å². The van der Waals surface area contributed by atoms with Crippen molar-refractivity contribution in [3.63, 3.8) is 0 Å². The summed E-state index contributed by atoms with van der Waals surface area (Å²) in [6.45, 7) is 4.23. The number of ether oxygens (including phenoxy) is 1. The summed E-state index contributed by atoms with van der Waals surface area (Å²) in [6, 6.07) is 47.4. The predicted molar refractivity (Wildman–Crippen MR) is 192 cm³/mol. The van der Waals surface area contributed by atoms with Crippen LogP contribution < -0.4 is 4.74 Å². The maximum Gasteiger partial charge on any atom is 0.119 e. The molecule has 0 saturated carbocycles. The molecule has 0 N–H and O–H groups in total. The monoisotopic (exact) mass is 592 g/mol. The van der Waals surface area contributed by atoms with Crippen molar-refractivity contribution in [1.29, 1.82) is 0 Å². The fourth-order valence-electron chi connectivity index (χ4n) is 6.53. The maximum atomic E-state index is 5.66. The van der Waals surface area contributed by atoms with Crippen LogP contribution in [0.15, 0.2) is 140 Å². The van der Waals surface area contributed by atoms with Crippen LogP contribution in [0, 0.1) is 13.8 Å². The second-order valence-electron chi connectivity index (χ2n) is 11.9. The fraction of sp³-hybridized carbons (Fsp3) is 0.0698. The van der Waals surface area contributed by atoms with Crippen LogP contribution in [0.2, 0.25) is 0 Å². The van der Waals surface area contributed by atoms with Crippen molar-refractivity contribution in [2.24, 2.45) is 0 Å². The first-order valence-electron chi connectivity index (χ1n) is 15.6. The molecule has 0 aliphatic heterocycles. The molecular weight excluding hydrogens is 560 g/mol. The van der Waals surface area contributed by atoms with E-state index in [-0.39, 0.29) is 0 Å². The molecule has 0 spiro atoms. The molecule has 0 unspecified atom stereocenters. The summed E-state index contributed by atoms with van der Waals surface area (Å²) in [6.07, 6.45) is 1.94. The molecule has 8 aromatic rings. The number of nitrogens with zero attached hydrogens (tertiary/aromatic N) is 2. The third-order valence-electron chi connectivity index (χ3n) is 8.99. The Hall–Kier alpha value is -5.80. The molecule has 0 fully saturated rings. The summed E-state index contributed by atoms with van der Waals surface area (Å²) in [4.78, 5) is 10.6. The van der Waals surface area contributed by atoms with E-state index < -0.39 is 0 Å². The highest BCUT2D eigenvalue weighted by molar-refractivity contribution is 6.11. The molecular formula is C43H32N2O. The van der Waals surface area contributed by atoms with Crippen molar-refractivity contribution in [2.75, 3.05) is 7.11 Å². The Kier molecular flexibility index (Phi) is 6.80. The Labute approximate surface area is 268 Å². The van der Waals surface area contributed by atoms with E-state index in [1.165, 1.54) is 21.9 Å². The zero-order valence-corrected chi connectivity index (χ0v) is 26.1. The Morgan fingerprint density at radius 2 is 1.11 bits per heavy atom. The summed E-state index contributed by atoms with van der Waals surface area (Å²) in [5, 5.41) is 4.64. The Morgan fingerprint density at radius 3 is 1.83 bits per heavy atom. The third-order valence-corrected chi connectivity index (χ3v) is 8.99. The molecule has 7 aromatic carbocycles. The molecule has 0 amide bonds. The van der Waals surface area contributed by atoms with Crippen LogP contribution in [0.3, 0.4) is 0 Å². The number of aromatic nitrogens is 2. The molecule has 0 aliphatic rings. The molecule has 1 aromatic heterocycles. The van der Waals surface area contributed by atoms with E-state index in [1.807, 2.05) is 12.3 Å². The minimum absolute atomic E-state index is 0.832. The first-order chi connectivity index (χ1) is 22.6. The molecule has 0 bridgehead atoms. The number of benzene rings is 7. The number of fused-ring (bicyclic) bond motifs is 3. The SMILES string of the molecule is COc1ccc2cccc(-c3c(-c4cnc5c(-c6ccc(C)cc6)ccc(-c6ccc(C)cc6)c5n4)ccc4ccccc34)c2c1. The normalized spacial score (nSPS) is 11.4. The molecule has 8 rings (SSSR count). The van der Waals surface area contributed by atoms with Crippen LogP contribution in [0.4, 0.5) is 0 Å². The highest BCUT2D eigenvalue weighted by Crippen LogP contribution is 2.42. The average molecular weight is 593 g/mol. The molecule has 3 heteroatoms. The van der Waals surface area contributed by atoms with E-state index in [2.05, 4.69) is 141 Å². The third kappa shape index (κ3) is 4.78. The van der Waals surface area contributed by atoms with Crippen LogP contribution in [0.25, 0.3) is 77.2 Å². The summed E-state index contributed by atoms with van der Waals surface area (Å²) < 4.78 is 5.66. The number of hydrogen-bond donors (Lipinski definition) is 0. The van der Waals surface area contributed by atoms with E-state index in [4.69, 9.17) is 14.7 Å². The molecule has 3 nitrogen and oxygen atoms in total. The molecule has 0 aliphatic carbocycles. The van der Waals surface area contributed by atoms with Crippen LogP contribution >= 0.6 is 0 Å². The van der Waals surface area contributed by atoms with Crippen molar-refractivity contribution in [3.8, 4) is 50.4 Å². The van der Waals surface area contributed by atoms with Crippen LogP contribution in [0.1, 0.15) is 11.1 Å². The van der Waals surface area contributed by atoms with E-state index >= 15 is 0 Å². The van der Waals surface area contributed by atoms with Crippen molar-refractivity contribution < 1.29 is 4.74 Å². The van der Waals surface area contributed by atoms with Gasteiger partial charge >= 0.3 is 0 Å². The first-order valence-corrected chi connectivity index (χ1v) is 15.6. The van der Waals surface area contributed by atoms with Crippen molar-refractivity contribution in [2.45, 2.75) is 13.8 Å². The fourth-order valence-corrected chi connectivity index (χ4v) is 6.53. The van der Waals surface area contributed by atoms with E-state index in [1.54, 1.807) is 7.11 Å². The van der Waals surface area contributed by atoms with Crippen molar-refractivity contribution >= 4 is 32.6 Å². The van der Waals surface area contributed by atoms with E-state index in [9.17, 15) is 0 Å². The lowest BCUT2D eigenvalue weighted by atomic mass is 9.89. The van der Waals surface area contributed by atoms with Gasteiger partial charge in [0.1, 0.15) is 5.75 Å². The van der Waals surface area contributed by atoms with Gasteiger partial charge in [0.2, 0.25) is 0 Å². The van der Waals surface area contributed by atoms with Crippen molar-refractivity contribution in [1.82, 2.24) is 9.97 Å². The minimum atomic E-state index is 0.832. The smallest absolute Gasteiger partial charge is 0.119 e. The first kappa shape index (κ1) is 27.7. The number of aryl methyl sites for hydroxylation is 2. The number of hydrogen-bond acceptors (Lipinski definition) is 3. The minimum Gasteiger partial charge on any atom is -0.497 e. The zero-order chi connectivity index (χ0) is 31.2. The van der Waals surface area contributed by atoms with Gasteiger partial charge in [0, 0.05) is 16.7 Å². The summed E-state index contributed by atoms with van der Waals surface area (Å²) >= 11 is 0. The highest BCUT2D eigenvalue weighted by atomic mass is 16.5. The molecule has 220 valence electrons. The van der Waals surface area contributed by atoms with Gasteiger partial charge in [0.05, 0.1) is 30.0 Å². The van der Waals surface area contributed by atoms with Crippen LogP contribution in [-0.2, 0) is 0 Å². The van der Waals surface area contributed by atoms with Gasteiger partial charge < -0.3 is 4.74 Å². The lowest BCUT2D eigenvalue weighted by molar-refractivity contribution is 0.415. The van der Waals surface area contributed by atoms with E-state index in [0.29, 0.717) is 0 Å². The second kappa shape index (κ2) is 11.3. The number of rotatable bonds is 5. The lowest BCUT2D eigenvalue weighted by Crippen LogP contribution is -1.96. The highest BCUT2D eigenvalue weighted by Gasteiger charge is 2.19. The standard InChI is InChI=1S/C43H32N2O/c1-27-11-15-31(16-12-27)35-23-24-36(32-17-13-28(2)14-18-32)43-42(35)44-26-40(45-43)38-22-20-29-7-4-5-9-34(29)41(38)37-10-6-8-30-19-21-33(46-3)25-39(30)37/h4-26H,1-3H3. The van der Waals surface area contributed by atoms with E-state index in [0.717, 1.165) is 72.2 Å². The molecule has 1 heterocycles. The quantitative estimate of drug-likeness (QED) is 0.199. The predicted octanol–water partition coefficient (Wildman–Crippen LogP) is 11.2. The van der Waals surface area contributed by atoms with Gasteiger partial charge in [-0.3, -0.25) is 4.98 Å². The van der Waals surface area contributed by atoms with Crippen molar-refractivity contribution in [3.05, 3.63) is 151 Å². The lowest BCUT2D eigenvalue weighted by Gasteiger charge is -2.17. The average Bonchev–Trinajstić information content (AvgIpc) is 3.11. The van der Waals surface area contributed by atoms with Gasteiger partial charge in [-0.15, -0.1) is 0 Å². The summed E-state index contributed by atoms with van der Waals surface area (Å²) in [5.41, 5.74) is 12.8. The second-order valence-corrected chi connectivity index (χ2v) is 11.9. The van der Waals surface area contributed by atoms with Gasteiger partial charge in [-0.2, -0.15) is 0 Å². The summed E-state index contributed by atoms with van der Waals surface area (Å²) in [7, 11) is 1.72. The Morgan fingerprint density at radius 1 is 0.500 bits per heavy atom. The summed E-state index contributed by atoms with van der Waals surface area (Å²) in [5.74, 6) is 0.832. The van der Waals surface area contributed by atoms with Crippen LogP contribution in [-0.4, -0.2) is 17.1 Å². The Bertz CT molecular complexity index is 2410. The van der Waals surface area contributed by atoms with Gasteiger partial charge in [0.25, 0.3) is 0 Å². The van der Waals surface area contributed by atoms with Crippen LogP contribution in [0.5, 0.6) is 5.75 Å². The van der Waals surface area contributed by atoms with Gasteiger partial charge in [-0.05, 0) is 69.8 Å². The number of methoxy groups -OCH3 is 1. The molecule has 0 atom stereocenters. The van der Waals surface area contributed by atoms with Gasteiger partial charge in [0.15, 0.2) is 0 Å². The Balaban J connectivity index is 1.43. The molecule has 46 heavy (non-hydrogen) atoms. The largest absolute Gasteiger partial charge is 0.497 e. The zero-order valence-electron chi connectivity index (χ0n) is 26.1. The topological polar surface area (TPSA) is 35.0 Å². The molecule has 0 saturated heterocycles. The van der Waals surface area contributed by atoms with Gasteiger partial charge in [-0.25, -0.2) is 4.98 Å². The maximum absolute atomic E-state index is 5.66.